The SMILES string of the molecule is CC/C=C\C/C=C\C/C=C\C/C=C\CCCCCCC(=O)OC(COC(=O)CCCCCCCCCCCCCCCCC)COC(=O)CCCCCCCCCCCCCCCCCCCCCCCCCCCCCCCCC. The predicted molar refractivity (Wildman–Crippen MR) is 353 cm³/mol. The molecule has 6 nitrogen and oxygen atoms in total. The highest BCUT2D eigenvalue weighted by atomic mass is 16.6. The van der Waals surface area contributed by atoms with Crippen LogP contribution < -0.4 is 0 Å². The summed E-state index contributed by atoms with van der Waals surface area (Å²) in [5.41, 5.74) is 0. The Morgan fingerprint density at radius 2 is 0.481 bits per heavy atom. The van der Waals surface area contributed by atoms with E-state index in [0.29, 0.717) is 19.3 Å². The van der Waals surface area contributed by atoms with Crippen LogP contribution in [0.15, 0.2) is 48.6 Å². The van der Waals surface area contributed by atoms with Crippen molar-refractivity contribution in [3.8, 4) is 0 Å². The largest absolute Gasteiger partial charge is 0.462 e. The topological polar surface area (TPSA) is 78.9 Å². The maximum atomic E-state index is 12.9. The van der Waals surface area contributed by atoms with E-state index in [1.54, 1.807) is 0 Å². The minimum absolute atomic E-state index is 0.0781. The summed E-state index contributed by atoms with van der Waals surface area (Å²) in [5.74, 6) is -0.875. The third kappa shape index (κ3) is 68.0. The molecule has 0 rings (SSSR count). The zero-order chi connectivity index (χ0) is 58.5. The number of esters is 3. The van der Waals surface area contributed by atoms with E-state index in [1.165, 1.54) is 257 Å². The smallest absolute Gasteiger partial charge is 0.306 e. The molecule has 1 unspecified atom stereocenters. The number of hydrogen-bond acceptors (Lipinski definition) is 6. The van der Waals surface area contributed by atoms with Gasteiger partial charge in [-0.25, -0.2) is 0 Å². The number of allylic oxidation sites excluding steroid dienone is 8. The second kappa shape index (κ2) is 69.9. The third-order valence-electron chi connectivity index (χ3n) is 16.3. The van der Waals surface area contributed by atoms with Crippen LogP contribution in [-0.4, -0.2) is 37.2 Å². The van der Waals surface area contributed by atoms with Gasteiger partial charge in [0.2, 0.25) is 0 Å². The molecular weight excluding hydrogens is 997 g/mol. The quantitative estimate of drug-likeness (QED) is 0.0261. The Morgan fingerprint density at radius 3 is 0.753 bits per heavy atom. The van der Waals surface area contributed by atoms with E-state index in [-0.39, 0.29) is 31.1 Å². The van der Waals surface area contributed by atoms with Crippen molar-refractivity contribution in [2.45, 2.75) is 399 Å². The van der Waals surface area contributed by atoms with E-state index in [9.17, 15) is 14.4 Å². The number of carbonyl (C=O) groups is 3. The van der Waals surface area contributed by atoms with E-state index in [1.807, 2.05) is 0 Å². The summed E-state index contributed by atoms with van der Waals surface area (Å²) < 4.78 is 17.0. The Kier molecular flexibility index (Phi) is 67.6. The summed E-state index contributed by atoms with van der Waals surface area (Å²) in [6, 6.07) is 0. The molecule has 0 saturated heterocycles. The summed E-state index contributed by atoms with van der Waals surface area (Å²) in [4.78, 5) is 38.4. The fourth-order valence-corrected chi connectivity index (χ4v) is 11.0. The summed E-state index contributed by atoms with van der Waals surface area (Å²) in [5, 5.41) is 0. The van der Waals surface area contributed by atoms with Gasteiger partial charge in [-0.3, -0.25) is 14.4 Å². The van der Waals surface area contributed by atoms with Gasteiger partial charge in [0.15, 0.2) is 6.10 Å². The van der Waals surface area contributed by atoms with Crippen LogP contribution in [0.25, 0.3) is 0 Å². The first kappa shape index (κ1) is 78.4. The van der Waals surface area contributed by atoms with Crippen molar-refractivity contribution in [1.29, 1.82) is 0 Å². The van der Waals surface area contributed by atoms with Crippen LogP contribution in [0.4, 0.5) is 0 Å². The fourth-order valence-electron chi connectivity index (χ4n) is 11.0. The number of rotatable bonds is 67. The van der Waals surface area contributed by atoms with Crippen molar-refractivity contribution < 1.29 is 28.6 Å². The van der Waals surface area contributed by atoms with Gasteiger partial charge in [-0.05, 0) is 57.8 Å². The second-order valence-corrected chi connectivity index (χ2v) is 24.5. The normalized spacial score (nSPS) is 12.3. The Bertz CT molecular complexity index is 1400. The molecule has 0 N–H and O–H groups in total. The number of ether oxygens (including phenoxy) is 3. The van der Waals surface area contributed by atoms with Crippen LogP contribution in [0.3, 0.4) is 0 Å². The van der Waals surface area contributed by atoms with Gasteiger partial charge in [-0.15, -0.1) is 0 Å². The summed E-state index contributed by atoms with van der Waals surface area (Å²) in [6.07, 6.45) is 88.8. The highest BCUT2D eigenvalue weighted by Crippen LogP contribution is 2.19. The van der Waals surface area contributed by atoms with E-state index in [0.717, 1.165) is 96.3 Å². The number of carbonyl (C=O) groups excluding carboxylic acids is 3. The number of unbranched alkanes of at least 4 members (excludes halogenated alkanes) is 48. The Balaban J connectivity index is 4.17. The lowest BCUT2D eigenvalue weighted by atomic mass is 10.0. The zero-order valence-electron chi connectivity index (χ0n) is 54.6. The molecule has 0 heterocycles. The molecule has 0 fully saturated rings. The Morgan fingerprint density at radius 1 is 0.259 bits per heavy atom. The van der Waals surface area contributed by atoms with Gasteiger partial charge >= 0.3 is 17.9 Å². The molecule has 0 aromatic heterocycles. The van der Waals surface area contributed by atoms with Crippen LogP contribution in [0.2, 0.25) is 0 Å². The van der Waals surface area contributed by atoms with Crippen molar-refractivity contribution in [3.63, 3.8) is 0 Å². The van der Waals surface area contributed by atoms with Crippen molar-refractivity contribution in [1.82, 2.24) is 0 Å². The predicted octanol–water partition coefficient (Wildman–Crippen LogP) is 24.9. The molecular formula is C75H138O6. The van der Waals surface area contributed by atoms with Crippen molar-refractivity contribution in [2.24, 2.45) is 0 Å². The fraction of sp³-hybridized carbons (Fsp3) is 0.853. The number of hydrogen-bond donors (Lipinski definition) is 0. The zero-order valence-corrected chi connectivity index (χ0v) is 54.6. The first-order chi connectivity index (χ1) is 40.0. The van der Waals surface area contributed by atoms with Gasteiger partial charge in [-0.1, -0.05) is 365 Å². The standard InChI is InChI=1S/C75H138O6/c1-4-7-10-13-16-19-22-25-28-30-31-32-33-34-35-36-37-38-39-40-41-42-43-45-47-50-53-56-59-62-65-68-74(77)80-71-72(70-79-73(76)67-64-61-58-55-52-49-46-27-24-21-18-15-12-9-6-3)81-75(78)69-66-63-60-57-54-51-48-44-29-26-23-20-17-14-11-8-5-2/h8,11,17,20,26,29,48,51,72H,4-7,9-10,12-16,18-19,21-25,27-28,30-47,49-50,52-71H2,1-3H3/b11-8-,20-17-,29-26-,51-48-. The van der Waals surface area contributed by atoms with Gasteiger partial charge in [0, 0.05) is 19.3 Å². The molecule has 81 heavy (non-hydrogen) atoms. The second-order valence-electron chi connectivity index (χ2n) is 24.5. The van der Waals surface area contributed by atoms with E-state index < -0.39 is 6.10 Å². The summed E-state index contributed by atoms with van der Waals surface area (Å²) in [7, 11) is 0. The monoisotopic (exact) mass is 1140 g/mol. The van der Waals surface area contributed by atoms with E-state index in [4.69, 9.17) is 14.2 Å². The maximum absolute atomic E-state index is 12.9. The van der Waals surface area contributed by atoms with Crippen LogP contribution in [0.5, 0.6) is 0 Å². The molecule has 1 atom stereocenters. The van der Waals surface area contributed by atoms with Crippen molar-refractivity contribution in [3.05, 3.63) is 48.6 Å². The third-order valence-corrected chi connectivity index (χ3v) is 16.3. The molecule has 474 valence electrons. The molecule has 0 bridgehead atoms. The summed E-state index contributed by atoms with van der Waals surface area (Å²) >= 11 is 0. The van der Waals surface area contributed by atoms with Crippen LogP contribution in [0, 0.1) is 0 Å². The molecule has 0 amide bonds. The molecule has 0 saturated carbocycles. The first-order valence-electron chi connectivity index (χ1n) is 36.1. The minimum atomic E-state index is -0.784. The summed E-state index contributed by atoms with van der Waals surface area (Å²) in [6.45, 7) is 6.58. The molecule has 0 aliphatic rings. The van der Waals surface area contributed by atoms with Crippen LogP contribution >= 0.6 is 0 Å². The molecule has 6 heteroatoms. The molecule has 0 aliphatic carbocycles. The molecule has 0 aliphatic heterocycles. The Hall–Kier alpha value is -2.63. The maximum Gasteiger partial charge on any atom is 0.306 e. The van der Waals surface area contributed by atoms with Gasteiger partial charge in [0.25, 0.3) is 0 Å². The average molecular weight is 1140 g/mol. The van der Waals surface area contributed by atoms with E-state index in [2.05, 4.69) is 69.4 Å². The molecule has 0 radical (unpaired) electrons. The average Bonchev–Trinajstić information content (AvgIpc) is 3.47. The van der Waals surface area contributed by atoms with Crippen molar-refractivity contribution >= 4 is 17.9 Å². The highest BCUT2D eigenvalue weighted by molar-refractivity contribution is 5.71. The highest BCUT2D eigenvalue weighted by Gasteiger charge is 2.19. The molecule has 0 spiro atoms. The van der Waals surface area contributed by atoms with Crippen LogP contribution in [-0.2, 0) is 28.6 Å². The first-order valence-corrected chi connectivity index (χ1v) is 36.1. The van der Waals surface area contributed by atoms with Gasteiger partial charge < -0.3 is 14.2 Å². The molecule has 0 aromatic rings. The Labute approximate surface area is 505 Å². The van der Waals surface area contributed by atoms with Gasteiger partial charge in [0.05, 0.1) is 0 Å². The van der Waals surface area contributed by atoms with Gasteiger partial charge in [-0.2, -0.15) is 0 Å². The van der Waals surface area contributed by atoms with Gasteiger partial charge in [0.1, 0.15) is 13.2 Å². The van der Waals surface area contributed by atoms with Crippen LogP contribution in [0.1, 0.15) is 393 Å². The lowest BCUT2D eigenvalue weighted by molar-refractivity contribution is -0.167. The molecule has 0 aromatic carbocycles. The van der Waals surface area contributed by atoms with E-state index >= 15 is 0 Å². The lowest BCUT2D eigenvalue weighted by Crippen LogP contribution is -2.30. The lowest BCUT2D eigenvalue weighted by Gasteiger charge is -2.18. The minimum Gasteiger partial charge on any atom is -0.462 e. The van der Waals surface area contributed by atoms with Crippen molar-refractivity contribution in [2.75, 3.05) is 13.2 Å².